The van der Waals surface area contributed by atoms with Gasteiger partial charge in [0.05, 0.1) is 6.10 Å². The normalized spacial score (nSPS) is 28.7. The van der Waals surface area contributed by atoms with Gasteiger partial charge < -0.3 is 14.5 Å². The molecule has 3 heteroatoms. The van der Waals surface area contributed by atoms with Crippen LogP contribution in [0.25, 0.3) is 11.0 Å². The van der Waals surface area contributed by atoms with Crippen LogP contribution in [0.5, 0.6) is 0 Å². The average Bonchev–Trinajstić information content (AvgIpc) is 3.18. The number of furan rings is 1. The summed E-state index contributed by atoms with van der Waals surface area (Å²) in [6, 6.07) is 10.2. The number of benzene rings is 1. The zero-order chi connectivity index (χ0) is 11.9. The van der Waals surface area contributed by atoms with E-state index in [0.717, 1.165) is 35.7 Å². The van der Waals surface area contributed by atoms with Crippen molar-refractivity contribution < 1.29 is 9.15 Å². The monoisotopic (exact) mass is 243 g/mol. The van der Waals surface area contributed by atoms with Gasteiger partial charge in [-0.15, -0.1) is 0 Å². The first kappa shape index (κ1) is 10.6. The van der Waals surface area contributed by atoms with Crippen molar-refractivity contribution >= 4 is 11.0 Å². The van der Waals surface area contributed by atoms with Crippen molar-refractivity contribution in [3.63, 3.8) is 0 Å². The number of hydrogen-bond acceptors (Lipinski definition) is 3. The summed E-state index contributed by atoms with van der Waals surface area (Å²) in [5.74, 6) is 1.72. The second-order valence-electron chi connectivity index (χ2n) is 5.35. The molecule has 0 bridgehead atoms. The first-order valence-electron chi connectivity index (χ1n) is 6.75. The van der Waals surface area contributed by atoms with Gasteiger partial charge in [0.15, 0.2) is 0 Å². The summed E-state index contributed by atoms with van der Waals surface area (Å²) in [5.41, 5.74) is 0.949. The molecule has 1 saturated heterocycles. The maximum atomic E-state index is 6.17. The number of para-hydroxylation sites is 1. The van der Waals surface area contributed by atoms with Gasteiger partial charge in [-0.05, 0) is 30.9 Å². The molecule has 3 nitrogen and oxygen atoms in total. The highest BCUT2D eigenvalue weighted by Crippen LogP contribution is 2.38. The molecule has 1 aliphatic carbocycles. The van der Waals surface area contributed by atoms with Crippen molar-refractivity contribution in [1.29, 1.82) is 0 Å². The van der Waals surface area contributed by atoms with Crippen LogP contribution in [0.3, 0.4) is 0 Å². The zero-order valence-electron chi connectivity index (χ0n) is 10.3. The van der Waals surface area contributed by atoms with E-state index in [4.69, 9.17) is 9.15 Å². The van der Waals surface area contributed by atoms with Crippen molar-refractivity contribution in [1.82, 2.24) is 5.32 Å². The van der Waals surface area contributed by atoms with Crippen LogP contribution in [0.15, 0.2) is 34.7 Å². The van der Waals surface area contributed by atoms with Crippen LogP contribution in [0, 0.1) is 5.92 Å². The molecule has 1 N–H and O–H groups in total. The molecule has 2 aliphatic rings. The van der Waals surface area contributed by atoms with E-state index in [1.54, 1.807) is 0 Å². The molecule has 1 aromatic carbocycles. The minimum absolute atomic E-state index is 0.0664. The lowest BCUT2D eigenvalue weighted by Gasteiger charge is -2.29. The average molecular weight is 243 g/mol. The molecule has 0 amide bonds. The van der Waals surface area contributed by atoms with E-state index in [-0.39, 0.29) is 6.10 Å². The highest BCUT2D eigenvalue weighted by molar-refractivity contribution is 5.77. The Labute approximate surface area is 106 Å². The Morgan fingerprint density at radius 1 is 1.11 bits per heavy atom. The second kappa shape index (κ2) is 4.11. The van der Waals surface area contributed by atoms with Gasteiger partial charge in [-0.3, -0.25) is 0 Å². The molecule has 18 heavy (non-hydrogen) atoms. The molecule has 2 atom stereocenters. The number of rotatable bonds is 2. The van der Waals surface area contributed by atoms with Crippen LogP contribution in [0.4, 0.5) is 0 Å². The highest BCUT2D eigenvalue weighted by Gasteiger charge is 2.36. The Kier molecular flexibility index (Phi) is 2.42. The van der Waals surface area contributed by atoms with E-state index in [2.05, 4.69) is 17.4 Å². The lowest BCUT2D eigenvalue weighted by molar-refractivity contribution is -0.0578. The van der Waals surface area contributed by atoms with E-state index in [9.17, 15) is 0 Å². The number of hydrogen-bond donors (Lipinski definition) is 1. The fourth-order valence-electron chi connectivity index (χ4n) is 2.74. The molecule has 2 unspecified atom stereocenters. The molecule has 1 aromatic heterocycles. The molecule has 0 spiro atoms. The van der Waals surface area contributed by atoms with E-state index in [0.29, 0.717) is 6.10 Å². The fraction of sp³-hybridized carbons (Fsp3) is 0.467. The van der Waals surface area contributed by atoms with Gasteiger partial charge in [0.1, 0.15) is 17.4 Å². The third-order valence-electron chi connectivity index (χ3n) is 3.92. The van der Waals surface area contributed by atoms with Crippen LogP contribution in [-0.2, 0) is 4.74 Å². The summed E-state index contributed by atoms with van der Waals surface area (Å²) >= 11 is 0. The smallest absolute Gasteiger partial charge is 0.135 e. The number of fused-ring (bicyclic) bond motifs is 1. The Hall–Kier alpha value is -1.32. The molecule has 1 saturated carbocycles. The van der Waals surface area contributed by atoms with E-state index < -0.39 is 0 Å². The zero-order valence-corrected chi connectivity index (χ0v) is 10.3. The predicted octanol–water partition coefficient (Wildman–Crippen LogP) is 2.87. The molecular formula is C15H17NO2. The van der Waals surface area contributed by atoms with Gasteiger partial charge in [0, 0.05) is 18.5 Å². The summed E-state index contributed by atoms with van der Waals surface area (Å²) in [4.78, 5) is 0. The standard InChI is InChI=1S/C15H17NO2/c1-2-4-12-11(3-1)7-13(17-12)15-9-16-8-14(18-15)10-5-6-10/h1-4,7,10,14-16H,5-6,8-9H2. The van der Waals surface area contributed by atoms with Gasteiger partial charge in [-0.2, -0.15) is 0 Å². The summed E-state index contributed by atoms with van der Waals surface area (Å²) in [6.45, 7) is 1.84. The number of morpholine rings is 1. The van der Waals surface area contributed by atoms with Crippen LogP contribution in [0.1, 0.15) is 24.7 Å². The maximum Gasteiger partial charge on any atom is 0.135 e. The Morgan fingerprint density at radius 3 is 2.83 bits per heavy atom. The summed E-state index contributed by atoms with van der Waals surface area (Å²) < 4.78 is 12.1. The van der Waals surface area contributed by atoms with Gasteiger partial charge in [-0.1, -0.05) is 18.2 Å². The third kappa shape index (κ3) is 1.84. The Balaban J connectivity index is 1.61. The Bertz CT molecular complexity index is 525. The predicted molar refractivity (Wildman–Crippen MR) is 69.4 cm³/mol. The van der Waals surface area contributed by atoms with Gasteiger partial charge in [-0.25, -0.2) is 0 Å². The summed E-state index contributed by atoms with van der Waals surface area (Å²) in [7, 11) is 0. The number of nitrogens with one attached hydrogen (secondary N) is 1. The lowest BCUT2D eigenvalue weighted by atomic mass is 10.1. The van der Waals surface area contributed by atoms with Crippen molar-refractivity contribution in [3.05, 3.63) is 36.1 Å². The van der Waals surface area contributed by atoms with Crippen molar-refractivity contribution in [2.45, 2.75) is 25.0 Å². The quantitative estimate of drug-likeness (QED) is 0.880. The minimum Gasteiger partial charge on any atom is -0.458 e. The number of ether oxygens (including phenoxy) is 1. The molecule has 2 aromatic rings. The minimum atomic E-state index is 0.0664. The molecule has 94 valence electrons. The van der Waals surface area contributed by atoms with Gasteiger partial charge >= 0.3 is 0 Å². The molecule has 1 aliphatic heterocycles. The summed E-state index contributed by atoms with van der Waals surface area (Å²) in [5, 5.41) is 4.62. The third-order valence-corrected chi connectivity index (χ3v) is 3.92. The van der Waals surface area contributed by atoms with Crippen LogP contribution >= 0.6 is 0 Å². The second-order valence-corrected chi connectivity index (χ2v) is 5.35. The lowest BCUT2D eigenvalue weighted by Crippen LogP contribution is -2.41. The van der Waals surface area contributed by atoms with E-state index in [1.165, 1.54) is 12.8 Å². The molecule has 2 heterocycles. The fourth-order valence-corrected chi connectivity index (χ4v) is 2.74. The highest BCUT2D eigenvalue weighted by atomic mass is 16.5. The first-order chi connectivity index (χ1) is 8.90. The van der Waals surface area contributed by atoms with Crippen LogP contribution < -0.4 is 5.32 Å². The molecule has 2 fully saturated rings. The van der Waals surface area contributed by atoms with E-state index in [1.807, 2.05) is 18.2 Å². The summed E-state index contributed by atoms with van der Waals surface area (Å²) in [6.07, 6.45) is 3.08. The topological polar surface area (TPSA) is 34.4 Å². The van der Waals surface area contributed by atoms with Gasteiger partial charge in [0.25, 0.3) is 0 Å². The van der Waals surface area contributed by atoms with E-state index >= 15 is 0 Å². The maximum absolute atomic E-state index is 6.17. The molecule has 0 radical (unpaired) electrons. The van der Waals surface area contributed by atoms with Crippen molar-refractivity contribution in [3.8, 4) is 0 Å². The van der Waals surface area contributed by atoms with Crippen LogP contribution in [0.2, 0.25) is 0 Å². The van der Waals surface area contributed by atoms with Crippen LogP contribution in [-0.4, -0.2) is 19.2 Å². The largest absolute Gasteiger partial charge is 0.458 e. The first-order valence-corrected chi connectivity index (χ1v) is 6.75. The van der Waals surface area contributed by atoms with Gasteiger partial charge in [0.2, 0.25) is 0 Å². The Morgan fingerprint density at radius 2 is 2.00 bits per heavy atom. The molecular weight excluding hydrogens is 226 g/mol. The van der Waals surface area contributed by atoms with Crippen molar-refractivity contribution in [2.24, 2.45) is 5.92 Å². The molecule has 4 rings (SSSR count). The van der Waals surface area contributed by atoms with Crippen molar-refractivity contribution in [2.75, 3.05) is 13.1 Å². The SMILES string of the molecule is c1ccc2oc(C3CNCC(C4CC4)O3)cc2c1.